The minimum Gasteiger partial charge on any atom is -0.468 e. The van der Waals surface area contributed by atoms with Gasteiger partial charge in [-0.2, -0.15) is 0 Å². The summed E-state index contributed by atoms with van der Waals surface area (Å²) < 4.78 is 28.0. The van der Waals surface area contributed by atoms with Crippen LogP contribution < -0.4 is 0 Å². The summed E-state index contributed by atoms with van der Waals surface area (Å²) in [4.78, 5) is 10.8. The number of hydrogen-bond donors (Lipinski definition) is 0. The number of esters is 1. The Morgan fingerprint density at radius 3 is 2.64 bits per heavy atom. The number of aromatic nitrogens is 4. The number of tetrazole rings is 1. The summed E-state index contributed by atoms with van der Waals surface area (Å²) in [5.41, 5.74) is 0. The fourth-order valence-electron chi connectivity index (χ4n) is 0.763. The van der Waals surface area contributed by atoms with E-state index in [4.69, 9.17) is 0 Å². The lowest BCUT2D eigenvalue weighted by Gasteiger charge is -1.99. The first-order valence-electron chi connectivity index (χ1n) is 3.49. The van der Waals surface area contributed by atoms with E-state index in [1.165, 1.54) is 7.05 Å². The summed E-state index contributed by atoms with van der Waals surface area (Å²) in [6, 6.07) is 0. The lowest BCUT2D eigenvalue weighted by Crippen LogP contribution is -2.20. The van der Waals surface area contributed by atoms with Gasteiger partial charge in [0.15, 0.2) is 5.75 Å². The van der Waals surface area contributed by atoms with Gasteiger partial charge < -0.3 is 4.74 Å². The van der Waals surface area contributed by atoms with E-state index in [1.54, 1.807) is 0 Å². The summed E-state index contributed by atoms with van der Waals surface area (Å²) in [5, 5.41) is 9.42. The average Bonchev–Trinajstić information content (AvgIpc) is 2.51. The number of nitrogens with zero attached hydrogens (tertiary/aromatic N) is 4. The summed E-state index contributed by atoms with van der Waals surface area (Å²) in [5.74, 6) is -1.62. The van der Waals surface area contributed by atoms with E-state index in [-0.39, 0.29) is 5.16 Å². The van der Waals surface area contributed by atoms with Gasteiger partial charge in [0.2, 0.25) is 9.84 Å². The van der Waals surface area contributed by atoms with Gasteiger partial charge in [-0.3, -0.25) is 4.79 Å². The van der Waals surface area contributed by atoms with Gasteiger partial charge in [-0.25, -0.2) is 13.1 Å². The minimum absolute atomic E-state index is 0.358. The molecule has 78 valence electrons. The Morgan fingerprint density at radius 2 is 2.21 bits per heavy atom. The molecule has 8 nitrogen and oxygen atoms in total. The monoisotopic (exact) mass is 220 g/mol. The average molecular weight is 220 g/mol. The molecule has 0 aromatic carbocycles. The van der Waals surface area contributed by atoms with Crippen LogP contribution in [0.5, 0.6) is 0 Å². The Balaban J connectivity index is 2.98. The van der Waals surface area contributed by atoms with E-state index < -0.39 is 21.6 Å². The van der Waals surface area contributed by atoms with Crippen molar-refractivity contribution in [3.8, 4) is 0 Å². The molecule has 14 heavy (non-hydrogen) atoms. The van der Waals surface area contributed by atoms with Crippen LogP contribution in [0.2, 0.25) is 0 Å². The van der Waals surface area contributed by atoms with E-state index in [9.17, 15) is 13.2 Å². The highest BCUT2D eigenvalue weighted by Crippen LogP contribution is 2.04. The highest BCUT2D eigenvalue weighted by Gasteiger charge is 2.25. The quantitative estimate of drug-likeness (QED) is 0.551. The zero-order chi connectivity index (χ0) is 10.8. The molecular weight excluding hydrogens is 212 g/mol. The highest BCUT2D eigenvalue weighted by atomic mass is 32.2. The van der Waals surface area contributed by atoms with E-state index in [0.717, 1.165) is 11.8 Å². The van der Waals surface area contributed by atoms with Crippen LogP contribution in [-0.2, 0) is 26.4 Å². The van der Waals surface area contributed by atoms with Crippen molar-refractivity contribution >= 4 is 15.8 Å². The molecule has 0 atom stereocenters. The summed E-state index contributed by atoms with van der Waals surface area (Å²) in [6.07, 6.45) is 0. The normalized spacial score (nSPS) is 11.3. The first-order valence-corrected chi connectivity index (χ1v) is 5.14. The van der Waals surface area contributed by atoms with Crippen LogP contribution in [0, 0.1) is 0 Å². The van der Waals surface area contributed by atoms with Crippen molar-refractivity contribution in [2.75, 3.05) is 12.9 Å². The van der Waals surface area contributed by atoms with Gasteiger partial charge in [0.25, 0.3) is 5.16 Å². The molecule has 0 radical (unpaired) electrons. The van der Waals surface area contributed by atoms with Crippen LogP contribution in [0.1, 0.15) is 0 Å². The standard InChI is InChI=1S/C5H8N4O4S/c1-9-5(6-7-8-9)14(11,12)3-4(10)13-2/h3H2,1-2H3. The first kappa shape index (κ1) is 10.6. The fraction of sp³-hybridized carbons (Fsp3) is 0.600. The molecule has 0 fully saturated rings. The molecule has 0 aliphatic rings. The number of rotatable bonds is 3. The molecule has 1 aromatic heterocycles. The van der Waals surface area contributed by atoms with E-state index in [0.29, 0.717) is 0 Å². The van der Waals surface area contributed by atoms with Gasteiger partial charge >= 0.3 is 5.97 Å². The second-order valence-corrected chi connectivity index (χ2v) is 4.30. The molecule has 1 aromatic rings. The third-order valence-corrected chi connectivity index (χ3v) is 2.91. The molecule has 0 saturated heterocycles. The van der Waals surface area contributed by atoms with Crippen LogP contribution >= 0.6 is 0 Å². The molecule has 0 unspecified atom stereocenters. The minimum atomic E-state index is -3.81. The first-order chi connectivity index (χ1) is 6.47. The lowest BCUT2D eigenvalue weighted by molar-refractivity contribution is -0.137. The molecule has 0 N–H and O–H groups in total. The third-order valence-electron chi connectivity index (χ3n) is 1.39. The van der Waals surface area contributed by atoms with Gasteiger partial charge in [-0.1, -0.05) is 5.10 Å². The number of sulfone groups is 1. The van der Waals surface area contributed by atoms with Gasteiger partial charge in [0.05, 0.1) is 7.11 Å². The van der Waals surface area contributed by atoms with Gasteiger partial charge in [-0.15, -0.1) is 0 Å². The topological polar surface area (TPSA) is 104 Å². The number of hydrogen-bond acceptors (Lipinski definition) is 7. The molecule has 0 aliphatic carbocycles. The maximum atomic E-state index is 11.4. The van der Waals surface area contributed by atoms with Crippen molar-refractivity contribution in [3.63, 3.8) is 0 Å². The maximum absolute atomic E-state index is 11.4. The Morgan fingerprint density at radius 1 is 1.57 bits per heavy atom. The van der Waals surface area contributed by atoms with E-state index in [1.807, 2.05) is 0 Å². The molecule has 0 spiro atoms. The molecule has 0 aliphatic heterocycles. The molecule has 0 bridgehead atoms. The number of carbonyl (C=O) groups is 1. The second kappa shape index (κ2) is 3.70. The van der Waals surface area contributed by atoms with Crippen molar-refractivity contribution in [2.24, 2.45) is 7.05 Å². The van der Waals surface area contributed by atoms with Crippen LogP contribution in [0.25, 0.3) is 0 Å². The summed E-state index contributed by atoms with van der Waals surface area (Å²) in [7, 11) is -1.34. The SMILES string of the molecule is COC(=O)CS(=O)(=O)c1nnnn1C. The maximum Gasteiger partial charge on any atom is 0.321 e. The van der Waals surface area contributed by atoms with Crippen molar-refractivity contribution < 1.29 is 17.9 Å². The number of aryl methyl sites for hydroxylation is 1. The van der Waals surface area contributed by atoms with Gasteiger partial charge in [-0.05, 0) is 10.4 Å². The van der Waals surface area contributed by atoms with Crippen molar-refractivity contribution in [1.29, 1.82) is 0 Å². The largest absolute Gasteiger partial charge is 0.468 e. The van der Waals surface area contributed by atoms with Crippen LogP contribution in [0.3, 0.4) is 0 Å². The van der Waals surface area contributed by atoms with Crippen LogP contribution in [0.4, 0.5) is 0 Å². The van der Waals surface area contributed by atoms with Crippen molar-refractivity contribution in [3.05, 3.63) is 0 Å². The van der Waals surface area contributed by atoms with Crippen LogP contribution in [0.15, 0.2) is 5.16 Å². The Bertz CT molecular complexity index is 436. The smallest absolute Gasteiger partial charge is 0.321 e. The second-order valence-electron chi connectivity index (χ2n) is 2.42. The van der Waals surface area contributed by atoms with Crippen LogP contribution in [-0.4, -0.2) is 47.5 Å². The third kappa shape index (κ3) is 2.05. The molecular formula is C5H8N4O4S. The summed E-state index contributed by atoms with van der Waals surface area (Å²) in [6.45, 7) is 0. The lowest BCUT2D eigenvalue weighted by atomic mass is 10.8. The number of ether oxygens (including phenoxy) is 1. The number of methoxy groups -OCH3 is 1. The molecule has 0 saturated carbocycles. The van der Waals surface area contributed by atoms with Crippen molar-refractivity contribution in [1.82, 2.24) is 20.2 Å². The summed E-state index contributed by atoms with van der Waals surface area (Å²) >= 11 is 0. The van der Waals surface area contributed by atoms with Crippen molar-refractivity contribution in [2.45, 2.75) is 5.16 Å². The number of carbonyl (C=O) groups excluding carboxylic acids is 1. The van der Waals surface area contributed by atoms with Gasteiger partial charge in [0, 0.05) is 7.05 Å². The zero-order valence-corrected chi connectivity index (χ0v) is 8.35. The molecule has 1 rings (SSSR count). The fourth-order valence-corrected chi connectivity index (χ4v) is 1.92. The Labute approximate surface area is 79.8 Å². The molecule has 9 heteroatoms. The Hall–Kier alpha value is -1.51. The van der Waals surface area contributed by atoms with Gasteiger partial charge in [0.1, 0.15) is 0 Å². The highest BCUT2D eigenvalue weighted by molar-refractivity contribution is 7.91. The predicted octanol–water partition coefficient (Wildman–Crippen LogP) is -1.84. The Kier molecular flexibility index (Phi) is 2.79. The van der Waals surface area contributed by atoms with E-state index >= 15 is 0 Å². The molecule has 0 amide bonds. The predicted molar refractivity (Wildman–Crippen MR) is 42.9 cm³/mol. The zero-order valence-electron chi connectivity index (χ0n) is 7.54. The molecule has 1 heterocycles. The van der Waals surface area contributed by atoms with E-state index in [2.05, 4.69) is 20.3 Å².